The number of thioether (sulfide) groups is 1. The Morgan fingerprint density at radius 2 is 1.55 bits per heavy atom. The zero-order valence-electron chi connectivity index (χ0n) is 21.0. The van der Waals surface area contributed by atoms with Crippen LogP contribution in [0.4, 0.5) is 11.4 Å². The number of carboxylic acids is 1. The first-order chi connectivity index (χ1) is 18.5. The molecule has 0 aliphatic heterocycles. The first-order valence-corrected chi connectivity index (χ1v) is 13.4. The van der Waals surface area contributed by atoms with Gasteiger partial charge in [0.05, 0.1) is 24.1 Å². The number of carboxylic acid groups (broad SMARTS) is 1. The van der Waals surface area contributed by atoms with E-state index < -0.39 is 23.1 Å². The molecule has 196 valence electrons. The van der Waals surface area contributed by atoms with Gasteiger partial charge in [-0.1, -0.05) is 54.6 Å². The van der Waals surface area contributed by atoms with Crippen molar-refractivity contribution < 1.29 is 24.2 Å². The summed E-state index contributed by atoms with van der Waals surface area (Å²) in [6.07, 6.45) is 4.41. The average molecular weight is 531 g/mol. The number of benzene rings is 3. The maximum atomic E-state index is 13.4. The molecule has 0 saturated heterocycles. The largest absolute Gasteiger partial charge is 0.492 e. The van der Waals surface area contributed by atoms with Gasteiger partial charge in [-0.3, -0.25) is 14.4 Å². The second-order valence-corrected chi connectivity index (χ2v) is 10.0. The molecule has 0 fully saturated rings. The normalized spacial score (nSPS) is 17.3. The monoisotopic (exact) mass is 530 g/mol. The van der Waals surface area contributed by atoms with Crippen LogP contribution in [-0.4, -0.2) is 29.5 Å². The maximum absolute atomic E-state index is 13.4. The van der Waals surface area contributed by atoms with E-state index in [4.69, 9.17) is 4.74 Å². The number of ether oxygens (including phenoxy) is 1. The van der Waals surface area contributed by atoms with E-state index in [0.717, 1.165) is 10.5 Å². The maximum Gasteiger partial charge on any atom is 0.307 e. The Morgan fingerprint density at radius 3 is 2.24 bits per heavy atom. The highest BCUT2D eigenvalue weighted by molar-refractivity contribution is 8.00. The zero-order valence-corrected chi connectivity index (χ0v) is 21.8. The number of allylic oxidation sites excluding steroid dienone is 2. The molecule has 3 unspecified atom stereocenters. The number of aliphatic carboxylic acids is 1. The van der Waals surface area contributed by atoms with Crippen LogP contribution in [0.15, 0.2) is 95.9 Å². The smallest absolute Gasteiger partial charge is 0.307 e. The van der Waals surface area contributed by atoms with E-state index in [2.05, 4.69) is 10.6 Å². The van der Waals surface area contributed by atoms with Gasteiger partial charge in [-0.15, -0.1) is 11.8 Å². The number of hydrogen-bond acceptors (Lipinski definition) is 5. The Morgan fingerprint density at radius 1 is 0.895 bits per heavy atom. The van der Waals surface area contributed by atoms with E-state index in [0.29, 0.717) is 36.6 Å². The summed E-state index contributed by atoms with van der Waals surface area (Å²) in [7, 11) is 0. The molecule has 3 N–H and O–H groups in total. The quantitative estimate of drug-likeness (QED) is 0.214. The van der Waals surface area contributed by atoms with Crippen molar-refractivity contribution in [1.29, 1.82) is 0 Å². The first-order valence-electron chi connectivity index (χ1n) is 12.5. The third-order valence-electron chi connectivity index (χ3n) is 6.25. The van der Waals surface area contributed by atoms with E-state index in [9.17, 15) is 19.5 Å². The van der Waals surface area contributed by atoms with Crippen LogP contribution in [-0.2, 0) is 14.4 Å². The molecule has 0 radical (unpaired) electrons. The minimum atomic E-state index is -0.963. The Labute approximate surface area is 226 Å². The second kappa shape index (κ2) is 13.0. The van der Waals surface area contributed by atoms with Crippen LogP contribution in [0.25, 0.3) is 0 Å². The van der Waals surface area contributed by atoms with Gasteiger partial charge in [0.1, 0.15) is 11.0 Å². The zero-order chi connectivity index (χ0) is 26.9. The average Bonchev–Trinajstić information content (AvgIpc) is 2.94. The van der Waals surface area contributed by atoms with Crippen molar-refractivity contribution in [1.82, 2.24) is 0 Å². The number of nitrogens with one attached hydrogen (secondary N) is 2. The summed E-state index contributed by atoms with van der Waals surface area (Å²) in [6.45, 7) is 2.38. The Bertz CT molecular complexity index is 1290. The van der Waals surface area contributed by atoms with Crippen LogP contribution in [0.5, 0.6) is 5.75 Å². The lowest BCUT2D eigenvalue weighted by Crippen LogP contribution is -2.34. The SMILES string of the molecule is CCOc1ccccc1NC(=O)C(Sc1ccc(NC(=O)C2CC=CCC2C(=O)O)cc1)c1ccccc1. The lowest BCUT2D eigenvalue weighted by molar-refractivity contribution is -0.146. The van der Waals surface area contributed by atoms with E-state index in [1.807, 2.05) is 85.8 Å². The van der Waals surface area contributed by atoms with Gasteiger partial charge in [0.15, 0.2) is 0 Å². The summed E-state index contributed by atoms with van der Waals surface area (Å²) < 4.78 is 5.66. The molecule has 3 aromatic carbocycles. The van der Waals surface area contributed by atoms with Gasteiger partial charge >= 0.3 is 5.97 Å². The van der Waals surface area contributed by atoms with Crippen LogP contribution >= 0.6 is 11.8 Å². The highest BCUT2D eigenvalue weighted by Crippen LogP contribution is 2.38. The third-order valence-corrected chi connectivity index (χ3v) is 7.51. The number of hydrogen-bond donors (Lipinski definition) is 3. The summed E-state index contributed by atoms with van der Waals surface area (Å²) in [5.41, 5.74) is 2.03. The van der Waals surface area contributed by atoms with Gasteiger partial charge < -0.3 is 20.5 Å². The Hall–Kier alpha value is -4.04. The summed E-state index contributed by atoms with van der Waals surface area (Å²) in [6, 6.07) is 24.1. The van der Waals surface area contributed by atoms with Gasteiger partial charge in [-0.25, -0.2) is 0 Å². The fourth-order valence-electron chi connectivity index (χ4n) is 4.32. The molecule has 8 heteroatoms. The van der Waals surface area contributed by atoms with Crippen molar-refractivity contribution in [2.45, 2.75) is 29.9 Å². The highest BCUT2D eigenvalue weighted by atomic mass is 32.2. The van der Waals surface area contributed by atoms with Gasteiger partial charge in [0, 0.05) is 10.6 Å². The van der Waals surface area contributed by atoms with Crippen LogP contribution < -0.4 is 15.4 Å². The second-order valence-electron chi connectivity index (χ2n) is 8.83. The number of anilines is 2. The van der Waals surface area contributed by atoms with Gasteiger partial charge in [0.25, 0.3) is 0 Å². The van der Waals surface area contributed by atoms with E-state index in [1.165, 1.54) is 11.8 Å². The van der Waals surface area contributed by atoms with Crippen LogP contribution in [0.2, 0.25) is 0 Å². The summed E-state index contributed by atoms with van der Waals surface area (Å²) >= 11 is 1.40. The van der Waals surface area contributed by atoms with Crippen molar-refractivity contribution >= 4 is 40.9 Å². The van der Waals surface area contributed by atoms with Crippen molar-refractivity contribution in [3.63, 3.8) is 0 Å². The number of carbonyl (C=O) groups is 3. The molecule has 3 atom stereocenters. The van der Waals surface area contributed by atoms with E-state index in [1.54, 1.807) is 12.1 Å². The van der Waals surface area contributed by atoms with E-state index >= 15 is 0 Å². The predicted octanol–water partition coefficient (Wildman–Crippen LogP) is 6.16. The highest BCUT2D eigenvalue weighted by Gasteiger charge is 2.34. The fourth-order valence-corrected chi connectivity index (χ4v) is 5.34. The van der Waals surface area contributed by atoms with Crippen LogP contribution in [0, 0.1) is 11.8 Å². The summed E-state index contributed by atoms with van der Waals surface area (Å²) in [4.78, 5) is 38.6. The molecule has 1 aliphatic rings. The molecule has 1 aliphatic carbocycles. The molecule has 38 heavy (non-hydrogen) atoms. The summed E-state index contributed by atoms with van der Waals surface area (Å²) in [5.74, 6) is -2.19. The molecule has 0 heterocycles. The Kier molecular flexibility index (Phi) is 9.21. The molecule has 7 nitrogen and oxygen atoms in total. The van der Waals surface area contributed by atoms with Crippen LogP contribution in [0.3, 0.4) is 0 Å². The predicted molar refractivity (Wildman–Crippen MR) is 149 cm³/mol. The molecule has 2 amide bonds. The number of carbonyl (C=O) groups excluding carboxylic acids is 2. The molecule has 4 rings (SSSR count). The standard InChI is InChI=1S/C30H30N2O5S/c1-2-37-26-15-9-8-14-25(26)32-29(34)27(20-10-4-3-5-11-20)38-22-18-16-21(17-19-22)31-28(33)23-12-6-7-13-24(23)30(35)36/h3-11,14-19,23-24,27H,2,12-13H2,1H3,(H,31,33)(H,32,34)(H,35,36). The molecule has 0 spiro atoms. The van der Waals surface area contributed by atoms with E-state index in [-0.39, 0.29) is 11.8 Å². The first kappa shape index (κ1) is 27.0. The molecule has 0 aromatic heterocycles. The Balaban J connectivity index is 1.48. The van der Waals surface area contributed by atoms with Gasteiger partial charge in [0.2, 0.25) is 11.8 Å². The van der Waals surface area contributed by atoms with Gasteiger partial charge in [-0.2, -0.15) is 0 Å². The molecule has 3 aromatic rings. The minimum Gasteiger partial charge on any atom is -0.492 e. The molecular formula is C30H30N2O5S. The fraction of sp³-hybridized carbons (Fsp3) is 0.233. The van der Waals surface area contributed by atoms with Crippen molar-refractivity contribution in [2.75, 3.05) is 17.2 Å². The number of amides is 2. The molecule has 0 bridgehead atoms. The lowest BCUT2D eigenvalue weighted by Gasteiger charge is -2.24. The van der Waals surface area contributed by atoms with Crippen LogP contribution in [0.1, 0.15) is 30.6 Å². The van der Waals surface area contributed by atoms with Crippen molar-refractivity contribution in [3.8, 4) is 5.75 Å². The number of para-hydroxylation sites is 2. The molecular weight excluding hydrogens is 500 g/mol. The van der Waals surface area contributed by atoms with Crippen molar-refractivity contribution in [3.05, 3.63) is 96.6 Å². The lowest BCUT2D eigenvalue weighted by atomic mass is 9.82. The minimum absolute atomic E-state index is 0.184. The van der Waals surface area contributed by atoms with Crippen molar-refractivity contribution in [2.24, 2.45) is 11.8 Å². The van der Waals surface area contributed by atoms with Gasteiger partial charge in [-0.05, 0) is 61.7 Å². The summed E-state index contributed by atoms with van der Waals surface area (Å²) in [5, 5.41) is 14.8. The topological polar surface area (TPSA) is 105 Å². The number of rotatable bonds is 10. The molecule has 0 saturated carbocycles. The third kappa shape index (κ3) is 6.83.